The topological polar surface area (TPSA) is 105 Å². The third kappa shape index (κ3) is 6.09. The lowest BCUT2D eigenvalue weighted by atomic mass is 10.1. The number of aryl methyl sites for hydroxylation is 1. The van der Waals surface area contributed by atoms with Crippen molar-refractivity contribution < 1.29 is 23.0 Å². The zero-order valence-electron chi connectivity index (χ0n) is 19.2. The van der Waals surface area contributed by atoms with E-state index in [1.54, 1.807) is 45.9 Å². The van der Waals surface area contributed by atoms with Gasteiger partial charge in [-0.2, -0.15) is 0 Å². The number of amides is 2. The fraction of sp³-hybridized carbons (Fsp3) is 0.292. The Morgan fingerprint density at radius 2 is 1.88 bits per heavy atom. The average Bonchev–Trinajstić information content (AvgIpc) is 2.77. The monoisotopic (exact) mass is 472 g/mol. The number of nitrogens with zero attached hydrogens (tertiary/aromatic N) is 1. The molecule has 2 amide bonds. The highest BCUT2D eigenvalue weighted by molar-refractivity contribution is 6.00. The van der Waals surface area contributed by atoms with Gasteiger partial charge in [0, 0.05) is 17.4 Å². The minimum absolute atomic E-state index is 0.0707. The van der Waals surface area contributed by atoms with E-state index in [1.165, 1.54) is 24.4 Å². The molecule has 3 N–H and O–H groups in total. The van der Waals surface area contributed by atoms with E-state index in [2.05, 4.69) is 20.6 Å². The van der Waals surface area contributed by atoms with E-state index in [0.29, 0.717) is 29.2 Å². The Hall–Kier alpha value is -3.95. The lowest BCUT2D eigenvalue weighted by molar-refractivity contribution is 0.141. The molecule has 0 radical (unpaired) electrons. The number of nitrogens with one attached hydrogen (secondary N) is 3. The highest BCUT2D eigenvalue weighted by Gasteiger charge is 2.17. The molecule has 180 valence electrons. The van der Waals surface area contributed by atoms with E-state index in [-0.39, 0.29) is 34.4 Å². The molecule has 10 heteroatoms. The first-order chi connectivity index (χ1) is 16.2. The van der Waals surface area contributed by atoms with Gasteiger partial charge in [0.1, 0.15) is 5.75 Å². The van der Waals surface area contributed by atoms with Crippen molar-refractivity contribution in [2.45, 2.75) is 40.2 Å². The summed E-state index contributed by atoms with van der Waals surface area (Å²) in [5.41, 5.74) is 1.73. The number of H-pyrrole nitrogens is 1. The molecule has 3 rings (SSSR count). The Labute approximate surface area is 195 Å². The van der Waals surface area contributed by atoms with E-state index in [0.717, 1.165) is 0 Å². The van der Waals surface area contributed by atoms with Gasteiger partial charge in [-0.3, -0.25) is 9.78 Å². The van der Waals surface area contributed by atoms with E-state index in [4.69, 9.17) is 9.47 Å². The molecule has 0 aliphatic rings. The number of alkyl halides is 2. The summed E-state index contributed by atoms with van der Waals surface area (Å²) in [5.74, 6) is 0.260. The van der Waals surface area contributed by atoms with Crippen molar-refractivity contribution in [1.82, 2.24) is 9.97 Å². The first kappa shape index (κ1) is 24.7. The summed E-state index contributed by atoms with van der Waals surface area (Å²) in [6, 6.07) is 8.40. The molecule has 8 nitrogen and oxygen atoms in total. The lowest BCUT2D eigenvalue weighted by Crippen LogP contribution is -2.20. The molecular weight excluding hydrogens is 446 g/mol. The zero-order valence-corrected chi connectivity index (χ0v) is 19.2. The number of carbonyl (C=O) groups excluding carboxylic acids is 1. The second-order valence-corrected chi connectivity index (χ2v) is 7.64. The number of rotatable bonds is 8. The summed E-state index contributed by atoms with van der Waals surface area (Å²) in [5, 5.41) is 5.20. The molecule has 0 spiro atoms. The van der Waals surface area contributed by atoms with Crippen LogP contribution in [0.25, 0.3) is 11.3 Å². The largest absolute Gasteiger partial charge is 0.491 e. The maximum absolute atomic E-state index is 13.4. The van der Waals surface area contributed by atoms with Crippen LogP contribution in [0.3, 0.4) is 0 Å². The minimum atomic E-state index is -2.76. The molecule has 0 unspecified atom stereocenters. The van der Waals surface area contributed by atoms with Crippen molar-refractivity contribution in [2.24, 2.45) is 0 Å². The molecule has 1 aromatic carbocycles. The number of anilines is 2. The Kier molecular flexibility index (Phi) is 7.83. The third-order valence-electron chi connectivity index (χ3n) is 4.66. The number of hydrogen-bond donors (Lipinski definition) is 3. The molecule has 0 aliphatic heterocycles. The number of aromatic nitrogens is 2. The van der Waals surface area contributed by atoms with Crippen LogP contribution < -0.4 is 25.7 Å². The molecule has 0 saturated heterocycles. The maximum Gasteiger partial charge on any atom is 0.323 e. The van der Waals surface area contributed by atoms with Gasteiger partial charge >= 0.3 is 6.03 Å². The highest BCUT2D eigenvalue weighted by atomic mass is 19.3. The van der Waals surface area contributed by atoms with Crippen LogP contribution in [-0.4, -0.2) is 28.7 Å². The van der Waals surface area contributed by atoms with Crippen molar-refractivity contribution in [1.29, 1.82) is 0 Å². The van der Waals surface area contributed by atoms with E-state index < -0.39 is 12.5 Å². The quantitative estimate of drug-likeness (QED) is 0.401. The summed E-state index contributed by atoms with van der Waals surface area (Å²) in [6.45, 7) is 7.32. The predicted molar refractivity (Wildman–Crippen MR) is 126 cm³/mol. The first-order valence-electron chi connectivity index (χ1n) is 10.7. The predicted octanol–water partition coefficient (Wildman–Crippen LogP) is 5.51. The molecule has 0 atom stereocenters. The van der Waals surface area contributed by atoms with Crippen molar-refractivity contribution >= 4 is 17.4 Å². The van der Waals surface area contributed by atoms with Crippen molar-refractivity contribution in [2.75, 3.05) is 17.2 Å². The van der Waals surface area contributed by atoms with Gasteiger partial charge in [0.25, 0.3) is 12.0 Å². The van der Waals surface area contributed by atoms with Crippen LogP contribution in [0, 0.1) is 6.92 Å². The van der Waals surface area contributed by atoms with Crippen LogP contribution in [-0.2, 0) is 0 Å². The van der Waals surface area contributed by atoms with Crippen LogP contribution in [0.5, 0.6) is 11.5 Å². The van der Waals surface area contributed by atoms with Gasteiger partial charge in [0.15, 0.2) is 5.75 Å². The summed E-state index contributed by atoms with van der Waals surface area (Å²) >= 11 is 0. The fourth-order valence-electron chi connectivity index (χ4n) is 3.17. The summed E-state index contributed by atoms with van der Waals surface area (Å²) in [4.78, 5) is 31.4. The number of carbonyl (C=O) groups is 1. The SMILES string of the molecule is CCOc1cc(-c2ccc(NC(=O)Nc3ccc(OC(C)C)c(C(F)F)c3)c(C)n2)c[nH]c1=O. The molecule has 0 bridgehead atoms. The van der Waals surface area contributed by atoms with Crippen LogP contribution in [0.2, 0.25) is 0 Å². The fourth-order valence-corrected chi connectivity index (χ4v) is 3.17. The molecule has 0 aliphatic carbocycles. The number of pyridine rings is 2. The zero-order chi connectivity index (χ0) is 24.8. The number of urea groups is 1. The van der Waals surface area contributed by atoms with Crippen LogP contribution in [0.4, 0.5) is 25.0 Å². The summed E-state index contributed by atoms with van der Waals surface area (Å²) in [7, 11) is 0. The average molecular weight is 472 g/mol. The van der Waals surface area contributed by atoms with Gasteiger partial charge in [-0.05, 0) is 64.1 Å². The van der Waals surface area contributed by atoms with Crippen LogP contribution >= 0.6 is 0 Å². The number of ether oxygens (including phenoxy) is 2. The normalized spacial score (nSPS) is 10.9. The Morgan fingerprint density at radius 3 is 2.53 bits per heavy atom. The van der Waals surface area contributed by atoms with Gasteiger partial charge in [-0.15, -0.1) is 0 Å². The van der Waals surface area contributed by atoms with Gasteiger partial charge in [0.2, 0.25) is 0 Å². The molecule has 2 heterocycles. The Balaban J connectivity index is 1.74. The smallest absolute Gasteiger partial charge is 0.323 e. The second-order valence-electron chi connectivity index (χ2n) is 7.64. The van der Waals surface area contributed by atoms with Gasteiger partial charge in [-0.25, -0.2) is 13.6 Å². The minimum Gasteiger partial charge on any atom is -0.491 e. The molecule has 2 aromatic heterocycles. The molecule has 0 fully saturated rings. The van der Waals surface area contributed by atoms with E-state index in [1.807, 2.05) is 0 Å². The Bertz CT molecular complexity index is 1230. The van der Waals surface area contributed by atoms with E-state index in [9.17, 15) is 18.4 Å². The van der Waals surface area contributed by atoms with Gasteiger partial charge in [-0.1, -0.05) is 0 Å². The molecule has 34 heavy (non-hydrogen) atoms. The molecule has 0 saturated carbocycles. The molecular formula is C24H26F2N4O4. The second kappa shape index (κ2) is 10.8. The van der Waals surface area contributed by atoms with Gasteiger partial charge < -0.3 is 25.1 Å². The highest BCUT2D eigenvalue weighted by Crippen LogP contribution is 2.32. The number of halogens is 2. The molecule has 3 aromatic rings. The van der Waals surface area contributed by atoms with Crippen molar-refractivity contribution in [3.63, 3.8) is 0 Å². The Morgan fingerprint density at radius 1 is 1.12 bits per heavy atom. The lowest BCUT2D eigenvalue weighted by Gasteiger charge is -2.16. The summed E-state index contributed by atoms with van der Waals surface area (Å²) in [6.07, 6.45) is -1.49. The van der Waals surface area contributed by atoms with Crippen molar-refractivity contribution in [3.8, 4) is 22.8 Å². The van der Waals surface area contributed by atoms with E-state index >= 15 is 0 Å². The van der Waals surface area contributed by atoms with Crippen LogP contribution in [0.15, 0.2) is 47.4 Å². The first-order valence-corrected chi connectivity index (χ1v) is 10.7. The maximum atomic E-state index is 13.4. The number of aromatic amines is 1. The van der Waals surface area contributed by atoms with Gasteiger partial charge in [0.05, 0.1) is 35.3 Å². The summed E-state index contributed by atoms with van der Waals surface area (Å²) < 4.78 is 37.6. The number of benzene rings is 1. The number of hydrogen-bond acceptors (Lipinski definition) is 5. The van der Waals surface area contributed by atoms with Crippen molar-refractivity contribution in [3.05, 3.63) is 64.2 Å². The van der Waals surface area contributed by atoms with Crippen LogP contribution in [0.1, 0.15) is 38.5 Å². The third-order valence-corrected chi connectivity index (χ3v) is 4.66. The standard InChI is InChI=1S/C24H26F2N4O4/c1-5-33-21-10-15(12-27-23(21)31)19-8-7-18(14(4)28-19)30-24(32)29-16-6-9-20(34-13(2)3)17(11-16)22(25)26/h6-13,22H,5H2,1-4H3,(H,27,31)(H2,29,30,32).